The van der Waals surface area contributed by atoms with Gasteiger partial charge < -0.3 is 19.4 Å². The molecule has 0 spiro atoms. The Hall–Kier alpha value is -3.32. The van der Waals surface area contributed by atoms with Gasteiger partial charge in [0, 0.05) is 38.3 Å². The molecule has 4 rings (SSSR count). The lowest BCUT2D eigenvalue weighted by Crippen LogP contribution is -2.49. The van der Waals surface area contributed by atoms with E-state index in [1.165, 1.54) is 0 Å². The molecule has 3 aromatic rings. The van der Waals surface area contributed by atoms with Gasteiger partial charge in [0.2, 0.25) is 5.89 Å². The highest BCUT2D eigenvalue weighted by Crippen LogP contribution is 2.25. The minimum absolute atomic E-state index is 0.101. The molecule has 162 valence electrons. The second-order valence-electron chi connectivity index (χ2n) is 7.51. The van der Waals surface area contributed by atoms with E-state index >= 15 is 0 Å². The van der Waals surface area contributed by atoms with E-state index < -0.39 is 0 Å². The molecule has 0 radical (unpaired) electrons. The third-order valence-electron chi connectivity index (χ3n) is 5.37. The fourth-order valence-electron chi connectivity index (χ4n) is 3.65. The number of nitrogens with zero attached hydrogens (tertiary/aromatic N) is 3. The number of anilines is 1. The number of ether oxygens (including phenoxy) is 1. The fourth-order valence-corrected chi connectivity index (χ4v) is 3.65. The SMILES string of the molecule is CCOc1ccccc1NC(=O)N1CCN(Cc2nc(-c3ccccc3)oc2C)CC1. The molecule has 1 fully saturated rings. The number of hydrogen-bond acceptors (Lipinski definition) is 5. The molecular formula is C24H28N4O3. The van der Waals surface area contributed by atoms with Crippen LogP contribution in [0.25, 0.3) is 11.5 Å². The van der Waals surface area contributed by atoms with Crippen molar-refractivity contribution in [3.63, 3.8) is 0 Å². The molecule has 7 heteroatoms. The molecule has 2 amide bonds. The summed E-state index contributed by atoms with van der Waals surface area (Å²) in [6, 6.07) is 17.3. The third kappa shape index (κ3) is 5.06. The number of nitrogens with one attached hydrogen (secondary N) is 1. The summed E-state index contributed by atoms with van der Waals surface area (Å²) >= 11 is 0. The summed E-state index contributed by atoms with van der Waals surface area (Å²) in [6.07, 6.45) is 0. The molecule has 0 saturated carbocycles. The number of para-hydroxylation sites is 2. The lowest BCUT2D eigenvalue weighted by Gasteiger charge is -2.34. The predicted molar refractivity (Wildman–Crippen MR) is 120 cm³/mol. The van der Waals surface area contributed by atoms with E-state index in [4.69, 9.17) is 14.1 Å². The first kappa shape index (κ1) is 20.9. The van der Waals surface area contributed by atoms with Crippen molar-refractivity contribution in [1.29, 1.82) is 0 Å². The van der Waals surface area contributed by atoms with Crippen LogP contribution in [0.15, 0.2) is 59.0 Å². The molecule has 2 heterocycles. The Labute approximate surface area is 182 Å². The maximum atomic E-state index is 12.7. The number of rotatable bonds is 6. The normalized spacial score (nSPS) is 14.5. The first-order valence-corrected chi connectivity index (χ1v) is 10.7. The zero-order chi connectivity index (χ0) is 21.6. The molecule has 7 nitrogen and oxygen atoms in total. The molecule has 1 aliphatic rings. The van der Waals surface area contributed by atoms with E-state index in [0.29, 0.717) is 43.6 Å². The number of aryl methyl sites for hydroxylation is 1. The number of carbonyl (C=O) groups excluding carboxylic acids is 1. The van der Waals surface area contributed by atoms with Crippen LogP contribution >= 0.6 is 0 Å². The molecule has 1 N–H and O–H groups in total. The number of hydrogen-bond donors (Lipinski definition) is 1. The minimum Gasteiger partial charge on any atom is -0.492 e. The van der Waals surface area contributed by atoms with Crippen LogP contribution < -0.4 is 10.1 Å². The number of urea groups is 1. The lowest BCUT2D eigenvalue weighted by atomic mass is 10.2. The van der Waals surface area contributed by atoms with E-state index in [0.717, 1.165) is 30.1 Å². The molecule has 1 aromatic heterocycles. The van der Waals surface area contributed by atoms with Gasteiger partial charge in [-0.25, -0.2) is 9.78 Å². The van der Waals surface area contributed by atoms with Crippen LogP contribution in [0.3, 0.4) is 0 Å². The summed E-state index contributed by atoms with van der Waals surface area (Å²) in [5.41, 5.74) is 2.62. The Bertz CT molecular complexity index is 1010. The van der Waals surface area contributed by atoms with Gasteiger partial charge in [-0.05, 0) is 38.1 Å². The second kappa shape index (κ2) is 9.66. The van der Waals surface area contributed by atoms with Crippen molar-refractivity contribution in [3.05, 3.63) is 66.1 Å². The third-order valence-corrected chi connectivity index (χ3v) is 5.37. The van der Waals surface area contributed by atoms with Crippen molar-refractivity contribution in [2.75, 3.05) is 38.1 Å². The van der Waals surface area contributed by atoms with Crippen molar-refractivity contribution < 1.29 is 13.9 Å². The predicted octanol–water partition coefficient (Wildman–Crippen LogP) is 4.40. The number of piperazine rings is 1. The van der Waals surface area contributed by atoms with Gasteiger partial charge >= 0.3 is 6.03 Å². The smallest absolute Gasteiger partial charge is 0.322 e. The molecule has 1 saturated heterocycles. The van der Waals surface area contributed by atoms with Crippen molar-refractivity contribution in [2.24, 2.45) is 0 Å². The van der Waals surface area contributed by atoms with E-state index in [1.54, 1.807) is 0 Å². The summed E-state index contributed by atoms with van der Waals surface area (Å²) in [6.45, 7) is 8.03. The van der Waals surface area contributed by atoms with Gasteiger partial charge in [0.25, 0.3) is 0 Å². The van der Waals surface area contributed by atoms with Crippen LogP contribution in [0.1, 0.15) is 18.4 Å². The first-order chi connectivity index (χ1) is 15.1. The molecule has 0 unspecified atom stereocenters. The van der Waals surface area contributed by atoms with Crippen molar-refractivity contribution in [1.82, 2.24) is 14.8 Å². The zero-order valence-electron chi connectivity index (χ0n) is 18.0. The fraction of sp³-hybridized carbons (Fsp3) is 0.333. The maximum Gasteiger partial charge on any atom is 0.322 e. The largest absolute Gasteiger partial charge is 0.492 e. The van der Waals surface area contributed by atoms with Crippen LogP contribution in [0, 0.1) is 6.92 Å². The average molecular weight is 421 g/mol. The van der Waals surface area contributed by atoms with Gasteiger partial charge in [-0.2, -0.15) is 0 Å². The van der Waals surface area contributed by atoms with Crippen LogP contribution in [-0.2, 0) is 6.54 Å². The lowest BCUT2D eigenvalue weighted by molar-refractivity contribution is 0.141. The van der Waals surface area contributed by atoms with Crippen LogP contribution in [0.5, 0.6) is 5.75 Å². The van der Waals surface area contributed by atoms with Crippen LogP contribution in [0.2, 0.25) is 0 Å². The quantitative estimate of drug-likeness (QED) is 0.640. The number of benzene rings is 2. The number of aromatic nitrogens is 1. The van der Waals surface area contributed by atoms with Gasteiger partial charge in [-0.1, -0.05) is 30.3 Å². The van der Waals surface area contributed by atoms with Crippen molar-refractivity contribution in [2.45, 2.75) is 20.4 Å². The summed E-state index contributed by atoms with van der Waals surface area (Å²) in [5.74, 6) is 2.18. The molecular weight excluding hydrogens is 392 g/mol. The average Bonchev–Trinajstić information content (AvgIpc) is 3.16. The van der Waals surface area contributed by atoms with Gasteiger partial charge in [0.05, 0.1) is 18.0 Å². The molecule has 0 atom stereocenters. The molecule has 1 aliphatic heterocycles. The summed E-state index contributed by atoms with van der Waals surface area (Å²) in [4.78, 5) is 21.6. The number of amides is 2. The van der Waals surface area contributed by atoms with Gasteiger partial charge in [0.1, 0.15) is 11.5 Å². The summed E-state index contributed by atoms with van der Waals surface area (Å²) in [5, 5.41) is 2.98. The summed E-state index contributed by atoms with van der Waals surface area (Å²) in [7, 11) is 0. The van der Waals surface area contributed by atoms with Crippen molar-refractivity contribution in [3.8, 4) is 17.2 Å². The zero-order valence-corrected chi connectivity index (χ0v) is 18.0. The maximum absolute atomic E-state index is 12.7. The van der Waals surface area contributed by atoms with Gasteiger partial charge in [-0.3, -0.25) is 4.90 Å². The van der Waals surface area contributed by atoms with Crippen molar-refractivity contribution >= 4 is 11.7 Å². The standard InChI is InChI=1S/C24H28N4O3/c1-3-30-22-12-8-7-11-20(22)26-24(29)28-15-13-27(14-16-28)17-21-18(2)31-23(25-21)19-9-5-4-6-10-19/h4-12H,3,13-17H2,1-2H3,(H,26,29). The Kier molecular flexibility index (Phi) is 6.52. The Morgan fingerprint density at radius 1 is 1.06 bits per heavy atom. The van der Waals surface area contributed by atoms with E-state index in [-0.39, 0.29) is 6.03 Å². The Morgan fingerprint density at radius 3 is 2.52 bits per heavy atom. The number of oxazole rings is 1. The van der Waals surface area contributed by atoms with E-state index in [9.17, 15) is 4.79 Å². The molecule has 0 bridgehead atoms. The molecule has 31 heavy (non-hydrogen) atoms. The summed E-state index contributed by atoms with van der Waals surface area (Å²) < 4.78 is 11.5. The Morgan fingerprint density at radius 2 is 1.77 bits per heavy atom. The monoisotopic (exact) mass is 420 g/mol. The number of carbonyl (C=O) groups is 1. The van der Waals surface area contributed by atoms with E-state index in [1.807, 2.05) is 73.3 Å². The highest BCUT2D eigenvalue weighted by atomic mass is 16.5. The molecule has 2 aromatic carbocycles. The van der Waals surface area contributed by atoms with Crippen LogP contribution in [0.4, 0.5) is 10.5 Å². The first-order valence-electron chi connectivity index (χ1n) is 10.7. The Balaban J connectivity index is 1.32. The highest BCUT2D eigenvalue weighted by molar-refractivity contribution is 5.91. The highest BCUT2D eigenvalue weighted by Gasteiger charge is 2.23. The molecule has 0 aliphatic carbocycles. The van der Waals surface area contributed by atoms with Gasteiger partial charge in [0.15, 0.2) is 0 Å². The minimum atomic E-state index is -0.101. The van der Waals surface area contributed by atoms with Crippen LogP contribution in [-0.4, -0.2) is 53.6 Å². The van der Waals surface area contributed by atoms with E-state index in [2.05, 4.69) is 10.2 Å². The second-order valence-corrected chi connectivity index (χ2v) is 7.51. The topological polar surface area (TPSA) is 70.8 Å². The van der Waals surface area contributed by atoms with Gasteiger partial charge in [-0.15, -0.1) is 0 Å².